The molecule has 2 aromatic carbocycles. The number of likely N-dealkylation sites (N-methyl/N-ethyl adjacent to an activating group) is 1. The van der Waals surface area contributed by atoms with Gasteiger partial charge in [-0.3, -0.25) is 19.3 Å². The highest BCUT2D eigenvalue weighted by atomic mass is 19.4. The molecule has 9 nitrogen and oxygen atoms in total. The molecule has 3 aromatic rings. The number of alkyl halides is 3. The topological polar surface area (TPSA) is 105 Å². The van der Waals surface area contributed by atoms with Crippen molar-refractivity contribution in [2.75, 3.05) is 42.5 Å². The van der Waals surface area contributed by atoms with Crippen LogP contribution in [0.3, 0.4) is 0 Å². The molecular formula is C28H29F3N6O3. The van der Waals surface area contributed by atoms with Crippen LogP contribution >= 0.6 is 0 Å². The van der Waals surface area contributed by atoms with Crippen molar-refractivity contribution in [3.05, 3.63) is 71.0 Å². The molecule has 40 heavy (non-hydrogen) atoms. The number of aromatic nitrogens is 2. The van der Waals surface area contributed by atoms with Crippen molar-refractivity contribution in [2.45, 2.75) is 32.4 Å². The van der Waals surface area contributed by atoms with Gasteiger partial charge in [0, 0.05) is 35.6 Å². The summed E-state index contributed by atoms with van der Waals surface area (Å²) in [4.78, 5) is 43.5. The summed E-state index contributed by atoms with van der Waals surface area (Å²) in [6, 6.07) is 12.5. The third-order valence-electron chi connectivity index (χ3n) is 7.31. The smallest absolute Gasteiger partial charge is 0.366 e. The average molecular weight is 555 g/mol. The molecule has 12 heteroatoms. The maximum absolute atomic E-state index is 13.9. The molecule has 5 rings (SSSR count). The summed E-state index contributed by atoms with van der Waals surface area (Å²) >= 11 is 0. The summed E-state index contributed by atoms with van der Waals surface area (Å²) in [6.45, 7) is 4.53. The van der Waals surface area contributed by atoms with E-state index >= 15 is 0 Å². The van der Waals surface area contributed by atoms with Crippen LogP contribution in [-0.2, 0) is 17.4 Å². The first-order valence-corrected chi connectivity index (χ1v) is 13.1. The van der Waals surface area contributed by atoms with Crippen LogP contribution in [0.4, 0.5) is 24.5 Å². The fourth-order valence-corrected chi connectivity index (χ4v) is 5.34. The minimum atomic E-state index is -4.77. The Morgan fingerprint density at radius 3 is 2.35 bits per heavy atom. The first-order valence-electron chi connectivity index (χ1n) is 13.1. The second-order valence-electron chi connectivity index (χ2n) is 9.84. The van der Waals surface area contributed by atoms with E-state index in [9.17, 15) is 27.6 Å². The van der Waals surface area contributed by atoms with E-state index in [2.05, 4.69) is 10.00 Å². The minimum Gasteiger partial charge on any atom is -0.366 e. The molecular weight excluding hydrogens is 525 g/mol. The molecule has 0 unspecified atom stereocenters. The van der Waals surface area contributed by atoms with Crippen molar-refractivity contribution in [3.63, 3.8) is 0 Å². The van der Waals surface area contributed by atoms with Crippen molar-refractivity contribution in [3.8, 4) is 5.69 Å². The summed E-state index contributed by atoms with van der Waals surface area (Å²) < 4.78 is 42.6. The lowest BCUT2D eigenvalue weighted by Gasteiger charge is -2.29. The highest BCUT2D eigenvalue weighted by molar-refractivity contribution is 6.08. The number of rotatable bonds is 7. The number of amides is 3. The molecule has 0 bridgehead atoms. The number of carbonyl (C=O) groups is 3. The number of carbonyl (C=O) groups excluding carboxylic acids is 3. The van der Waals surface area contributed by atoms with E-state index in [1.54, 1.807) is 29.2 Å². The SMILES string of the molecule is CCN(C(=O)CN1CCCC1)c1ccc(N2CCc3c(C(F)(F)F)nn(-c4cccc(C(N)=O)c4)c3C2=O)cc1. The molecule has 3 heterocycles. The standard InChI is InChI=1S/C28H29F3N6O3/c1-2-35(23(38)17-34-13-3-4-14-34)19-8-10-20(11-9-19)36-15-12-22-24(27(36)40)37(33-25(22)28(29,30)31)21-7-5-6-18(16-21)26(32)39/h5-11,16H,2-4,12-15,17H2,1H3,(H2,32,39). The zero-order chi connectivity index (χ0) is 28.6. The summed E-state index contributed by atoms with van der Waals surface area (Å²) in [6.07, 6.45) is -2.67. The maximum Gasteiger partial charge on any atom is 0.435 e. The molecule has 1 saturated heterocycles. The van der Waals surface area contributed by atoms with E-state index in [4.69, 9.17) is 5.73 Å². The molecule has 0 spiro atoms. The molecule has 1 fully saturated rings. The van der Waals surface area contributed by atoms with Crippen LogP contribution in [0.5, 0.6) is 0 Å². The van der Waals surface area contributed by atoms with Gasteiger partial charge in [0.1, 0.15) is 5.69 Å². The largest absolute Gasteiger partial charge is 0.435 e. The molecule has 2 aliphatic heterocycles. The predicted octanol–water partition coefficient (Wildman–Crippen LogP) is 3.64. The first-order chi connectivity index (χ1) is 19.1. The van der Waals surface area contributed by atoms with E-state index in [0.29, 0.717) is 24.5 Å². The van der Waals surface area contributed by atoms with Crippen LogP contribution in [0.1, 0.15) is 51.9 Å². The van der Waals surface area contributed by atoms with Crippen molar-refractivity contribution in [1.29, 1.82) is 0 Å². The Bertz CT molecular complexity index is 1440. The molecule has 2 N–H and O–H groups in total. The number of nitrogens with two attached hydrogens (primary N) is 1. The molecule has 0 aliphatic carbocycles. The number of hydrogen-bond donors (Lipinski definition) is 1. The number of hydrogen-bond acceptors (Lipinski definition) is 5. The highest BCUT2D eigenvalue weighted by Crippen LogP contribution is 2.37. The fraction of sp³-hybridized carbons (Fsp3) is 0.357. The van der Waals surface area contributed by atoms with Crippen molar-refractivity contribution in [2.24, 2.45) is 5.73 Å². The van der Waals surface area contributed by atoms with Crippen LogP contribution < -0.4 is 15.5 Å². The summed E-state index contributed by atoms with van der Waals surface area (Å²) in [5.41, 5.74) is 5.14. The van der Waals surface area contributed by atoms with Crippen molar-refractivity contribution in [1.82, 2.24) is 14.7 Å². The molecule has 3 amide bonds. The molecule has 0 saturated carbocycles. The van der Waals surface area contributed by atoms with Gasteiger partial charge in [-0.2, -0.15) is 18.3 Å². The first kappa shape index (κ1) is 27.4. The Hall–Kier alpha value is -4.19. The van der Waals surface area contributed by atoms with Gasteiger partial charge in [0.2, 0.25) is 11.8 Å². The van der Waals surface area contributed by atoms with Crippen molar-refractivity contribution >= 4 is 29.1 Å². The molecule has 2 aliphatic rings. The number of primary amides is 1. The van der Waals surface area contributed by atoms with Crippen molar-refractivity contribution < 1.29 is 27.6 Å². The third kappa shape index (κ3) is 5.18. The number of benzene rings is 2. The Morgan fingerprint density at radius 2 is 1.73 bits per heavy atom. The number of likely N-dealkylation sites (tertiary alicyclic amines) is 1. The zero-order valence-electron chi connectivity index (χ0n) is 21.9. The summed E-state index contributed by atoms with van der Waals surface area (Å²) in [5, 5.41) is 3.77. The van der Waals surface area contributed by atoms with Crippen LogP contribution in [0.15, 0.2) is 48.5 Å². The highest BCUT2D eigenvalue weighted by Gasteiger charge is 2.43. The summed E-state index contributed by atoms with van der Waals surface area (Å²) in [5.74, 6) is -1.43. The zero-order valence-corrected chi connectivity index (χ0v) is 21.9. The van der Waals surface area contributed by atoms with E-state index < -0.39 is 23.7 Å². The monoisotopic (exact) mass is 554 g/mol. The summed E-state index contributed by atoms with van der Waals surface area (Å²) in [7, 11) is 0. The lowest BCUT2D eigenvalue weighted by atomic mass is 10.0. The van der Waals surface area contributed by atoms with Gasteiger partial charge in [0.05, 0.1) is 12.2 Å². The van der Waals surface area contributed by atoms with Gasteiger partial charge in [-0.25, -0.2) is 4.68 Å². The average Bonchev–Trinajstić information content (AvgIpc) is 3.58. The Morgan fingerprint density at radius 1 is 1.02 bits per heavy atom. The molecule has 0 radical (unpaired) electrons. The van der Waals surface area contributed by atoms with Gasteiger partial charge in [-0.05, 0) is 81.7 Å². The van der Waals surface area contributed by atoms with Gasteiger partial charge >= 0.3 is 6.18 Å². The van der Waals surface area contributed by atoms with Crippen LogP contribution in [-0.4, -0.2) is 65.1 Å². The quantitative estimate of drug-likeness (QED) is 0.480. The maximum atomic E-state index is 13.9. The van der Waals surface area contributed by atoms with Gasteiger partial charge < -0.3 is 15.5 Å². The lowest BCUT2D eigenvalue weighted by molar-refractivity contribution is -0.142. The number of nitrogens with zero attached hydrogens (tertiary/aromatic N) is 5. The van der Waals surface area contributed by atoms with E-state index in [1.165, 1.54) is 29.2 Å². The van der Waals surface area contributed by atoms with Crippen LogP contribution in [0.2, 0.25) is 0 Å². The minimum absolute atomic E-state index is 0.0161. The Labute approximate surface area is 228 Å². The number of halogens is 3. The number of anilines is 2. The third-order valence-corrected chi connectivity index (χ3v) is 7.31. The van der Waals surface area contributed by atoms with E-state index in [-0.39, 0.29) is 41.4 Å². The normalized spacial score (nSPS) is 15.8. The van der Waals surface area contributed by atoms with E-state index in [1.807, 2.05) is 6.92 Å². The molecule has 210 valence electrons. The Balaban J connectivity index is 1.45. The number of fused-ring (bicyclic) bond motifs is 1. The lowest BCUT2D eigenvalue weighted by Crippen LogP contribution is -2.40. The van der Waals surface area contributed by atoms with Gasteiger partial charge in [0.15, 0.2) is 5.69 Å². The van der Waals surface area contributed by atoms with Gasteiger partial charge in [-0.1, -0.05) is 6.07 Å². The van der Waals surface area contributed by atoms with E-state index in [0.717, 1.165) is 30.6 Å². The molecule has 1 aromatic heterocycles. The second kappa shape index (κ2) is 10.8. The Kier molecular flexibility index (Phi) is 7.37. The van der Waals surface area contributed by atoms with Crippen LogP contribution in [0.25, 0.3) is 5.69 Å². The van der Waals surface area contributed by atoms with Crippen LogP contribution in [0, 0.1) is 0 Å². The van der Waals surface area contributed by atoms with Gasteiger partial charge in [0.25, 0.3) is 5.91 Å². The molecule has 0 atom stereocenters. The predicted molar refractivity (Wildman–Crippen MR) is 143 cm³/mol. The fourth-order valence-electron chi connectivity index (χ4n) is 5.34. The van der Waals surface area contributed by atoms with Gasteiger partial charge in [-0.15, -0.1) is 0 Å². The second-order valence-corrected chi connectivity index (χ2v) is 9.84.